The Kier molecular flexibility index (Phi) is 3.19. The second-order valence-electron chi connectivity index (χ2n) is 2.53. The fourth-order valence-electron chi connectivity index (χ4n) is 0.924. The van der Waals surface area contributed by atoms with Gasteiger partial charge in [-0.3, -0.25) is 0 Å². The van der Waals surface area contributed by atoms with Crippen LogP contribution < -0.4 is 4.57 Å². The van der Waals surface area contributed by atoms with E-state index >= 15 is 0 Å². The Labute approximate surface area is 78.6 Å². The Morgan fingerprint density at radius 2 is 2.15 bits per heavy atom. The van der Waals surface area contributed by atoms with E-state index in [9.17, 15) is 13.2 Å². The molecule has 0 aliphatic heterocycles. The summed E-state index contributed by atoms with van der Waals surface area (Å²) >= 11 is 1.42. The van der Waals surface area contributed by atoms with E-state index in [-0.39, 0.29) is 0 Å². The standard InChI is InChI=1S/C8H9F3NS/c1-13-7-3-2-4-12(5-7)6-8(9,10)11/h2-5H,6H2,1H3/q+1. The summed E-state index contributed by atoms with van der Waals surface area (Å²) in [5.41, 5.74) is 0. The minimum atomic E-state index is -4.15. The molecule has 1 aromatic rings. The van der Waals surface area contributed by atoms with Crippen LogP contribution >= 0.6 is 11.8 Å². The lowest BCUT2D eigenvalue weighted by Crippen LogP contribution is -2.40. The molecule has 0 atom stereocenters. The quantitative estimate of drug-likeness (QED) is 0.532. The van der Waals surface area contributed by atoms with Crippen LogP contribution in [-0.4, -0.2) is 12.4 Å². The summed E-state index contributed by atoms with van der Waals surface area (Å²) in [6.45, 7) is -0.929. The Morgan fingerprint density at radius 1 is 1.46 bits per heavy atom. The monoisotopic (exact) mass is 208 g/mol. The summed E-state index contributed by atoms with van der Waals surface area (Å²) in [6.07, 6.45) is 0.570. The molecular weight excluding hydrogens is 199 g/mol. The smallest absolute Gasteiger partial charge is 0.195 e. The van der Waals surface area contributed by atoms with E-state index in [0.29, 0.717) is 0 Å². The Hall–Kier alpha value is -0.710. The van der Waals surface area contributed by atoms with Crippen LogP contribution in [0.3, 0.4) is 0 Å². The van der Waals surface area contributed by atoms with Crippen LogP contribution in [0.1, 0.15) is 0 Å². The fraction of sp³-hybridized carbons (Fsp3) is 0.375. The average Bonchev–Trinajstić information content (AvgIpc) is 2.01. The van der Waals surface area contributed by atoms with Crippen molar-refractivity contribution in [3.8, 4) is 0 Å². The van der Waals surface area contributed by atoms with Crippen molar-refractivity contribution >= 4 is 11.8 Å². The van der Waals surface area contributed by atoms with Crippen molar-refractivity contribution in [3.63, 3.8) is 0 Å². The van der Waals surface area contributed by atoms with Gasteiger partial charge in [-0.1, -0.05) is 0 Å². The SMILES string of the molecule is CSc1ccc[n+](CC(F)(F)F)c1. The van der Waals surface area contributed by atoms with Gasteiger partial charge in [0.2, 0.25) is 6.54 Å². The van der Waals surface area contributed by atoms with Crippen LogP contribution in [0.4, 0.5) is 13.2 Å². The Morgan fingerprint density at radius 3 is 2.69 bits per heavy atom. The number of halogens is 3. The summed E-state index contributed by atoms with van der Waals surface area (Å²) in [5.74, 6) is 0. The second kappa shape index (κ2) is 4.00. The van der Waals surface area contributed by atoms with Crippen LogP contribution in [0, 0.1) is 0 Å². The molecule has 0 aliphatic carbocycles. The number of alkyl halides is 3. The molecule has 72 valence electrons. The molecule has 0 bridgehead atoms. The minimum Gasteiger partial charge on any atom is -0.195 e. The highest BCUT2D eigenvalue weighted by Crippen LogP contribution is 2.15. The molecule has 0 spiro atoms. The van der Waals surface area contributed by atoms with E-state index in [0.717, 1.165) is 9.46 Å². The van der Waals surface area contributed by atoms with Gasteiger partial charge in [-0.05, 0) is 12.3 Å². The van der Waals surface area contributed by atoms with E-state index in [4.69, 9.17) is 0 Å². The summed E-state index contributed by atoms with van der Waals surface area (Å²) < 4.78 is 37.0. The first-order valence-electron chi connectivity index (χ1n) is 3.61. The second-order valence-corrected chi connectivity index (χ2v) is 3.41. The molecule has 0 aromatic carbocycles. The summed E-state index contributed by atoms with van der Waals surface area (Å²) in [4.78, 5) is 0.826. The first-order chi connectivity index (χ1) is 6.01. The Bertz CT molecular complexity index is 285. The van der Waals surface area contributed by atoms with Crippen molar-refractivity contribution in [2.75, 3.05) is 6.26 Å². The molecule has 5 heteroatoms. The third kappa shape index (κ3) is 3.67. The van der Waals surface area contributed by atoms with Gasteiger partial charge in [0.1, 0.15) is 0 Å². The van der Waals surface area contributed by atoms with Crippen LogP contribution in [-0.2, 0) is 6.54 Å². The van der Waals surface area contributed by atoms with E-state index in [1.54, 1.807) is 12.1 Å². The van der Waals surface area contributed by atoms with Gasteiger partial charge >= 0.3 is 6.18 Å². The first-order valence-corrected chi connectivity index (χ1v) is 4.83. The van der Waals surface area contributed by atoms with Crippen LogP contribution in [0.2, 0.25) is 0 Å². The van der Waals surface area contributed by atoms with Crippen molar-refractivity contribution in [1.82, 2.24) is 0 Å². The molecule has 13 heavy (non-hydrogen) atoms. The lowest BCUT2D eigenvalue weighted by Gasteiger charge is -2.02. The van der Waals surface area contributed by atoms with Gasteiger partial charge in [0.25, 0.3) is 0 Å². The highest BCUT2D eigenvalue weighted by Gasteiger charge is 2.33. The normalized spacial score (nSPS) is 11.7. The van der Waals surface area contributed by atoms with Crippen molar-refractivity contribution in [2.24, 2.45) is 0 Å². The molecule has 0 saturated carbocycles. The van der Waals surface area contributed by atoms with E-state index < -0.39 is 12.7 Å². The summed E-state index contributed by atoms with van der Waals surface area (Å²) in [7, 11) is 0. The van der Waals surface area contributed by atoms with Gasteiger partial charge in [-0.2, -0.15) is 17.7 Å². The van der Waals surface area contributed by atoms with Crippen molar-refractivity contribution < 1.29 is 17.7 Å². The molecule has 0 fully saturated rings. The van der Waals surface area contributed by atoms with Crippen LogP contribution in [0.5, 0.6) is 0 Å². The molecule has 1 nitrogen and oxygen atoms in total. The molecule has 0 unspecified atom stereocenters. The van der Waals surface area contributed by atoms with Crippen LogP contribution in [0.15, 0.2) is 29.4 Å². The number of aromatic nitrogens is 1. The topological polar surface area (TPSA) is 3.88 Å². The van der Waals surface area contributed by atoms with Gasteiger partial charge in [0, 0.05) is 6.07 Å². The lowest BCUT2D eigenvalue weighted by atomic mass is 10.4. The highest BCUT2D eigenvalue weighted by molar-refractivity contribution is 7.98. The third-order valence-corrected chi connectivity index (χ3v) is 2.14. The number of hydrogen-bond donors (Lipinski definition) is 0. The predicted molar refractivity (Wildman–Crippen MR) is 44.5 cm³/mol. The number of thioether (sulfide) groups is 1. The molecule has 1 rings (SSSR count). The molecule has 0 radical (unpaired) electrons. The van der Waals surface area contributed by atoms with Gasteiger partial charge in [0.15, 0.2) is 12.4 Å². The Balaban J connectivity index is 2.78. The van der Waals surface area contributed by atoms with Gasteiger partial charge in [-0.25, -0.2) is 0 Å². The van der Waals surface area contributed by atoms with E-state index in [1.165, 1.54) is 24.2 Å². The molecule has 1 aromatic heterocycles. The number of rotatable bonds is 2. The largest absolute Gasteiger partial charge is 0.448 e. The zero-order valence-electron chi connectivity index (χ0n) is 7.01. The summed E-state index contributed by atoms with van der Waals surface area (Å²) in [5, 5.41) is 0. The predicted octanol–water partition coefficient (Wildman–Crippen LogP) is 2.26. The average molecular weight is 208 g/mol. The summed E-state index contributed by atoms with van der Waals surface area (Å²) in [6, 6.07) is 3.38. The number of hydrogen-bond acceptors (Lipinski definition) is 1. The molecule has 0 aliphatic rings. The van der Waals surface area contributed by atoms with Crippen molar-refractivity contribution in [2.45, 2.75) is 17.6 Å². The number of nitrogens with zero attached hydrogens (tertiary/aromatic N) is 1. The molecule has 0 amide bonds. The third-order valence-electron chi connectivity index (χ3n) is 1.43. The maximum atomic E-state index is 11.9. The van der Waals surface area contributed by atoms with Crippen molar-refractivity contribution in [3.05, 3.63) is 24.5 Å². The maximum Gasteiger partial charge on any atom is 0.448 e. The first kappa shape index (κ1) is 10.4. The van der Waals surface area contributed by atoms with E-state index in [1.807, 2.05) is 6.26 Å². The van der Waals surface area contributed by atoms with Crippen LogP contribution in [0.25, 0.3) is 0 Å². The molecule has 0 saturated heterocycles. The zero-order chi connectivity index (χ0) is 9.90. The van der Waals surface area contributed by atoms with Gasteiger partial charge in [0.05, 0.1) is 4.90 Å². The van der Waals surface area contributed by atoms with Crippen molar-refractivity contribution in [1.29, 1.82) is 0 Å². The maximum absolute atomic E-state index is 11.9. The van der Waals surface area contributed by atoms with E-state index in [2.05, 4.69) is 0 Å². The molecule has 0 N–H and O–H groups in total. The van der Waals surface area contributed by atoms with Gasteiger partial charge < -0.3 is 0 Å². The fourth-order valence-corrected chi connectivity index (χ4v) is 1.38. The highest BCUT2D eigenvalue weighted by atomic mass is 32.2. The molecular formula is C8H9F3NS+. The molecule has 1 heterocycles. The number of pyridine rings is 1. The lowest BCUT2D eigenvalue weighted by molar-refractivity contribution is -0.721. The minimum absolute atomic E-state index is 0.826. The zero-order valence-corrected chi connectivity index (χ0v) is 7.82. The van der Waals surface area contributed by atoms with Gasteiger partial charge in [-0.15, -0.1) is 11.8 Å².